The summed E-state index contributed by atoms with van der Waals surface area (Å²) in [6, 6.07) is 8.78. The van der Waals surface area contributed by atoms with Crippen molar-refractivity contribution in [3.05, 3.63) is 50.1 Å². The number of anilines is 1. The van der Waals surface area contributed by atoms with Crippen LogP contribution in [0.1, 0.15) is 29.0 Å². The average molecular weight is 398 g/mol. The van der Waals surface area contributed by atoms with Gasteiger partial charge in [-0.1, -0.05) is 23.2 Å². The van der Waals surface area contributed by atoms with E-state index in [0.717, 1.165) is 4.88 Å². The van der Waals surface area contributed by atoms with Gasteiger partial charge in [-0.2, -0.15) is 5.10 Å². The average Bonchev–Trinajstić information content (AvgIpc) is 2.96. The van der Waals surface area contributed by atoms with E-state index < -0.39 is 0 Å². The summed E-state index contributed by atoms with van der Waals surface area (Å²) >= 11 is 13.3. The van der Waals surface area contributed by atoms with Crippen molar-refractivity contribution in [2.24, 2.45) is 5.10 Å². The number of nitrogens with zero attached hydrogens (tertiary/aromatic N) is 1. The largest absolute Gasteiger partial charge is 0.326 e. The van der Waals surface area contributed by atoms with Crippen LogP contribution in [-0.2, 0) is 9.59 Å². The van der Waals surface area contributed by atoms with E-state index in [1.807, 2.05) is 19.1 Å². The van der Waals surface area contributed by atoms with Gasteiger partial charge >= 0.3 is 0 Å². The minimum atomic E-state index is -0.230. The highest BCUT2D eigenvalue weighted by atomic mass is 35.5. The minimum Gasteiger partial charge on any atom is -0.326 e. The van der Waals surface area contributed by atoms with Crippen molar-refractivity contribution in [3.63, 3.8) is 0 Å². The molecule has 0 spiro atoms. The number of thiophene rings is 1. The van der Waals surface area contributed by atoms with Crippen molar-refractivity contribution in [1.82, 2.24) is 5.43 Å². The van der Waals surface area contributed by atoms with E-state index in [1.165, 1.54) is 4.88 Å². The molecule has 2 rings (SSSR count). The fourth-order valence-corrected chi connectivity index (χ4v) is 3.00. The quantitative estimate of drug-likeness (QED) is 0.528. The summed E-state index contributed by atoms with van der Waals surface area (Å²) < 4.78 is 0. The predicted octanol–water partition coefficient (Wildman–Crippen LogP) is 4.62. The number of nitrogens with one attached hydrogen (secondary N) is 2. The van der Waals surface area contributed by atoms with E-state index in [0.29, 0.717) is 22.2 Å². The Morgan fingerprint density at radius 1 is 1.12 bits per heavy atom. The molecular formula is C17H17Cl2N3O2S. The summed E-state index contributed by atoms with van der Waals surface area (Å²) in [6.45, 7) is 2.00. The van der Waals surface area contributed by atoms with Crippen molar-refractivity contribution < 1.29 is 9.59 Å². The first-order valence-corrected chi connectivity index (χ1v) is 9.14. The van der Waals surface area contributed by atoms with Gasteiger partial charge in [-0.25, -0.2) is 5.43 Å². The van der Waals surface area contributed by atoms with Crippen LogP contribution in [0.3, 0.4) is 0 Å². The molecule has 2 N–H and O–H groups in total. The fraction of sp³-hybridized carbons (Fsp3) is 0.235. The first kappa shape index (κ1) is 19.4. The van der Waals surface area contributed by atoms with Gasteiger partial charge in [0.25, 0.3) is 0 Å². The van der Waals surface area contributed by atoms with Crippen molar-refractivity contribution >= 4 is 58.3 Å². The number of carbonyl (C=O) groups is 2. The van der Waals surface area contributed by atoms with E-state index in [2.05, 4.69) is 15.8 Å². The smallest absolute Gasteiger partial charge is 0.240 e. The lowest BCUT2D eigenvalue weighted by Crippen LogP contribution is -2.18. The number of hydrazone groups is 1. The molecule has 5 nitrogen and oxygen atoms in total. The standard InChI is InChI=1S/C17H17Cl2N3O2S/c1-11-5-7-13(25-11)10-20-22-17(24)4-2-3-16(23)21-12-6-8-14(18)15(19)9-12/h5-10H,2-4H2,1H3,(H,21,23)(H,22,24)/b20-10-. The van der Waals surface area contributed by atoms with E-state index >= 15 is 0 Å². The monoisotopic (exact) mass is 397 g/mol. The molecule has 0 unspecified atom stereocenters. The van der Waals surface area contributed by atoms with Crippen molar-refractivity contribution in [2.75, 3.05) is 5.32 Å². The molecule has 0 aliphatic heterocycles. The van der Waals surface area contributed by atoms with E-state index in [1.54, 1.807) is 35.8 Å². The summed E-state index contributed by atoms with van der Waals surface area (Å²) in [5, 5.41) is 7.40. The van der Waals surface area contributed by atoms with Crippen molar-refractivity contribution in [1.29, 1.82) is 0 Å². The second-order valence-electron chi connectivity index (χ2n) is 5.27. The number of hydrogen-bond acceptors (Lipinski definition) is 4. The van der Waals surface area contributed by atoms with Gasteiger partial charge in [0.2, 0.25) is 11.8 Å². The number of benzene rings is 1. The molecule has 0 aliphatic rings. The van der Waals surface area contributed by atoms with Crippen molar-refractivity contribution in [2.45, 2.75) is 26.2 Å². The Kier molecular flexibility index (Phi) is 7.43. The van der Waals surface area contributed by atoms with Crippen LogP contribution in [0, 0.1) is 6.92 Å². The van der Waals surface area contributed by atoms with Crippen LogP contribution in [0.25, 0.3) is 0 Å². The highest BCUT2D eigenvalue weighted by molar-refractivity contribution is 7.13. The third-order valence-electron chi connectivity index (χ3n) is 3.15. The third kappa shape index (κ3) is 6.86. The lowest BCUT2D eigenvalue weighted by molar-refractivity contribution is -0.121. The number of halogens is 2. The zero-order valence-corrected chi connectivity index (χ0v) is 15.8. The molecule has 1 aromatic carbocycles. The van der Waals surface area contributed by atoms with E-state index in [4.69, 9.17) is 23.2 Å². The van der Waals surface area contributed by atoms with Gasteiger partial charge in [0.05, 0.1) is 16.3 Å². The Hall–Kier alpha value is -1.89. The SMILES string of the molecule is Cc1ccc(/C=N\NC(=O)CCCC(=O)Nc2ccc(Cl)c(Cl)c2)s1. The van der Waals surface area contributed by atoms with Crippen LogP contribution in [0.4, 0.5) is 5.69 Å². The Labute approximate surface area is 160 Å². The molecule has 0 aliphatic carbocycles. The summed E-state index contributed by atoms with van der Waals surface area (Å²) in [4.78, 5) is 25.7. The van der Waals surface area contributed by atoms with Gasteiger partial charge in [-0.15, -0.1) is 11.3 Å². The zero-order valence-electron chi connectivity index (χ0n) is 13.5. The van der Waals surface area contributed by atoms with Crippen LogP contribution in [0.5, 0.6) is 0 Å². The van der Waals surface area contributed by atoms with Gasteiger partial charge in [0.15, 0.2) is 0 Å². The second-order valence-corrected chi connectivity index (χ2v) is 7.41. The molecule has 132 valence electrons. The number of amides is 2. The number of rotatable bonds is 7. The minimum absolute atomic E-state index is 0.191. The zero-order chi connectivity index (χ0) is 18.2. The van der Waals surface area contributed by atoms with E-state index in [9.17, 15) is 9.59 Å². The molecule has 0 atom stereocenters. The summed E-state index contributed by atoms with van der Waals surface area (Å²) in [7, 11) is 0. The Morgan fingerprint density at radius 2 is 1.88 bits per heavy atom. The summed E-state index contributed by atoms with van der Waals surface area (Å²) in [5.74, 6) is -0.421. The molecule has 0 saturated carbocycles. The molecule has 25 heavy (non-hydrogen) atoms. The maximum absolute atomic E-state index is 11.8. The van der Waals surface area contributed by atoms with Gasteiger partial charge < -0.3 is 5.32 Å². The van der Waals surface area contributed by atoms with Crippen LogP contribution < -0.4 is 10.7 Å². The van der Waals surface area contributed by atoms with Gasteiger partial charge in [0, 0.05) is 28.3 Å². The van der Waals surface area contributed by atoms with Crippen LogP contribution in [0.15, 0.2) is 35.4 Å². The molecule has 0 fully saturated rings. The van der Waals surface area contributed by atoms with Crippen molar-refractivity contribution in [3.8, 4) is 0 Å². The Bertz CT molecular complexity index is 790. The lowest BCUT2D eigenvalue weighted by atomic mass is 10.2. The van der Waals surface area contributed by atoms with Crippen LogP contribution >= 0.6 is 34.5 Å². The first-order valence-electron chi connectivity index (χ1n) is 7.57. The normalized spacial score (nSPS) is 10.8. The predicted molar refractivity (Wildman–Crippen MR) is 104 cm³/mol. The molecule has 8 heteroatoms. The number of aryl methyl sites for hydroxylation is 1. The highest BCUT2D eigenvalue weighted by Gasteiger charge is 2.06. The van der Waals surface area contributed by atoms with Gasteiger partial charge in [0.1, 0.15) is 0 Å². The van der Waals surface area contributed by atoms with Gasteiger partial charge in [-0.3, -0.25) is 9.59 Å². The van der Waals surface area contributed by atoms with Gasteiger partial charge in [-0.05, 0) is 43.7 Å². The third-order valence-corrected chi connectivity index (χ3v) is 4.83. The topological polar surface area (TPSA) is 70.6 Å². The molecule has 0 bridgehead atoms. The number of carbonyl (C=O) groups excluding carboxylic acids is 2. The highest BCUT2D eigenvalue weighted by Crippen LogP contribution is 2.25. The van der Waals surface area contributed by atoms with Crippen LogP contribution in [0.2, 0.25) is 10.0 Å². The Balaban J connectivity index is 1.67. The molecule has 2 amide bonds. The van der Waals surface area contributed by atoms with E-state index in [-0.39, 0.29) is 24.7 Å². The Morgan fingerprint density at radius 3 is 2.56 bits per heavy atom. The molecule has 2 aromatic rings. The lowest BCUT2D eigenvalue weighted by Gasteiger charge is -2.06. The molecule has 0 saturated heterocycles. The molecule has 1 heterocycles. The second kappa shape index (κ2) is 9.56. The van der Waals surface area contributed by atoms with Crippen LogP contribution in [-0.4, -0.2) is 18.0 Å². The summed E-state index contributed by atoms with van der Waals surface area (Å²) in [5.41, 5.74) is 3.02. The maximum Gasteiger partial charge on any atom is 0.240 e. The number of hydrogen-bond donors (Lipinski definition) is 2. The summed E-state index contributed by atoms with van der Waals surface area (Å²) in [6.07, 6.45) is 2.47. The molecule has 0 radical (unpaired) electrons. The fourth-order valence-electron chi connectivity index (χ4n) is 1.95. The maximum atomic E-state index is 11.8. The first-order chi connectivity index (χ1) is 11.9. The molecule has 1 aromatic heterocycles. The molecular weight excluding hydrogens is 381 g/mol.